The van der Waals surface area contributed by atoms with Gasteiger partial charge in [-0.25, -0.2) is 18.4 Å². The summed E-state index contributed by atoms with van der Waals surface area (Å²) in [6.45, 7) is -0.327. The second-order valence-corrected chi connectivity index (χ2v) is 7.33. The molecule has 2 aliphatic rings. The summed E-state index contributed by atoms with van der Waals surface area (Å²) in [7, 11) is 0. The van der Waals surface area contributed by atoms with Crippen molar-refractivity contribution in [2.24, 2.45) is 5.73 Å². The van der Waals surface area contributed by atoms with E-state index in [1.54, 1.807) is 0 Å². The minimum absolute atomic E-state index is 0.0422. The van der Waals surface area contributed by atoms with Gasteiger partial charge in [-0.3, -0.25) is 0 Å². The van der Waals surface area contributed by atoms with Gasteiger partial charge < -0.3 is 25.6 Å². The van der Waals surface area contributed by atoms with Crippen LogP contribution in [0.15, 0.2) is 18.2 Å². The van der Waals surface area contributed by atoms with E-state index < -0.39 is 42.2 Å². The van der Waals surface area contributed by atoms with E-state index in [1.165, 1.54) is 4.90 Å². The van der Waals surface area contributed by atoms with Crippen LogP contribution in [0.1, 0.15) is 24.8 Å². The number of nitrogens with two attached hydrogens (primary N) is 1. The van der Waals surface area contributed by atoms with Crippen molar-refractivity contribution in [3.8, 4) is 5.75 Å². The number of ether oxygens (including phenoxy) is 1. The Morgan fingerprint density at radius 3 is 2.50 bits per heavy atom. The number of rotatable bonds is 5. The molecule has 0 radical (unpaired) electrons. The van der Waals surface area contributed by atoms with E-state index in [0.29, 0.717) is 6.07 Å². The van der Waals surface area contributed by atoms with Crippen LogP contribution in [0.2, 0.25) is 0 Å². The summed E-state index contributed by atoms with van der Waals surface area (Å²) in [5.74, 6) is -1.69. The molecule has 1 aliphatic heterocycles. The SMILES string of the molecule is NC(=O)N1C[C@@H](F)C[C@@H](N(C(=O)NCc2ccc(OC(F)(F)F)cc2F)C2CC2)C1. The van der Waals surface area contributed by atoms with E-state index in [-0.39, 0.29) is 37.7 Å². The monoisotopic (exact) mass is 436 g/mol. The van der Waals surface area contributed by atoms with Gasteiger partial charge in [0.25, 0.3) is 0 Å². The number of alkyl halides is 4. The molecule has 7 nitrogen and oxygen atoms in total. The van der Waals surface area contributed by atoms with Crippen molar-refractivity contribution < 1.29 is 36.3 Å². The first-order chi connectivity index (χ1) is 14.0. The predicted octanol–water partition coefficient (Wildman–Crippen LogP) is 2.89. The lowest BCUT2D eigenvalue weighted by atomic mass is 10.0. The van der Waals surface area contributed by atoms with Crippen molar-refractivity contribution in [3.05, 3.63) is 29.6 Å². The van der Waals surface area contributed by atoms with Crippen LogP contribution in [0, 0.1) is 5.82 Å². The summed E-state index contributed by atoms with van der Waals surface area (Å²) in [5.41, 5.74) is 5.20. The van der Waals surface area contributed by atoms with Crippen LogP contribution >= 0.6 is 0 Å². The van der Waals surface area contributed by atoms with Crippen LogP contribution in [0.3, 0.4) is 0 Å². The van der Waals surface area contributed by atoms with E-state index in [2.05, 4.69) is 10.1 Å². The maximum atomic E-state index is 14.1. The van der Waals surface area contributed by atoms with Crippen molar-refractivity contribution in [2.45, 2.75) is 50.4 Å². The number of amides is 4. The van der Waals surface area contributed by atoms with Gasteiger partial charge in [0.1, 0.15) is 17.7 Å². The summed E-state index contributed by atoms with van der Waals surface area (Å²) in [6.07, 6.45) is -4.79. The minimum Gasteiger partial charge on any atom is -0.406 e. The number of carbonyl (C=O) groups is 2. The zero-order chi connectivity index (χ0) is 22.1. The molecule has 1 heterocycles. The van der Waals surface area contributed by atoms with E-state index in [0.717, 1.165) is 29.9 Å². The molecule has 3 N–H and O–H groups in total. The molecule has 1 saturated carbocycles. The lowest BCUT2D eigenvalue weighted by molar-refractivity contribution is -0.274. The number of urea groups is 2. The molecular weight excluding hydrogens is 415 g/mol. The molecule has 3 rings (SSSR count). The van der Waals surface area contributed by atoms with E-state index in [9.17, 15) is 31.5 Å². The molecule has 0 bridgehead atoms. The van der Waals surface area contributed by atoms with Gasteiger partial charge >= 0.3 is 18.4 Å². The van der Waals surface area contributed by atoms with Crippen molar-refractivity contribution in [1.82, 2.24) is 15.1 Å². The van der Waals surface area contributed by atoms with E-state index in [4.69, 9.17) is 5.73 Å². The number of halogens is 5. The largest absolute Gasteiger partial charge is 0.573 e. The first kappa shape index (κ1) is 21.9. The lowest BCUT2D eigenvalue weighted by Gasteiger charge is -2.40. The van der Waals surface area contributed by atoms with Gasteiger partial charge in [0, 0.05) is 37.2 Å². The molecular formula is C18H21F5N4O3. The molecule has 1 saturated heterocycles. The number of likely N-dealkylation sites (tertiary alicyclic amines) is 1. The molecule has 0 unspecified atom stereocenters. The Labute approximate surface area is 168 Å². The van der Waals surface area contributed by atoms with Crippen molar-refractivity contribution in [2.75, 3.05) is 13.1 Å². The topological polar surface area (TPSA) is 87.9 Å². The summed E-state index contributed by atoms with van der Waals surface area (Å²) in [6, 6.07) is 0.538. The average Bonchev–Trinajstić information content (AvgIpc) is 3.44. The second-order valence-electron chi connectivity index (χ2n) is 7.33. The Bertz CT molecular complexity index is 803. The number of hydrogen-bond acceptors (Lipinski definition) is 3. The summed E-state index contributed by atoms with van der Waals surface area (Å²) in [5, 5.41) is 2.51. The van der Waals surface area contributed by atoms with Crippen LogP contribution in [-0.2, 0) is 6.54 Å². The molecule has 1 aromatic rings. The Balaban J connectivity index is 1.64. The van der Waals surface area contributed by atoms with Crippen molar-refractivity contribution in [1.29, 1.82) is 0 Å². The number of piperidine rings is 1. The quantitative estimate of drug-likeness (QED) is 0.696. The normalized spacial score (nSPS) is 21.8. The zero-order valence-electron chi connectivity index (χ0n) is 15.8. The zero-order valence-corrected chi connectivity index (χ0v) is 15.8. The third kappa shape index (κ3) is 5.63. The van der Waals surface area contributed by atoms with Gasteiger partial charge in [-0.2, -0.15) is 0 Å². The second kappa shape index (κ2) is 8.52. The highest BCUT2D eigenvalue weighted by atomic mass is 19.4. The highest BCUT2D eigenvalue weighted by molar-refractivity contribution is 5.76. The number of hydrogen-bond donors (Lipinski definition) is 2. The Morgan fingerprint density at radius 2 is 1.93 bits per heavy atom. The van der Waals surface area contributed by atoms with Crippen LogP contribution < -0.4 is 15.8 Å². The van der Waals surface area contributed by atoms with Crippen LogP contribution in [-0.4, -0.2) is 59.6 Å². The van der Waals surface area contributed by atoms with Gasteiger partial charge in [0.15, 0.2) is 0 Å². The number of benzene rings is 1. The van der Waals surface area contributed by atoms with Gasteiger partial charge in [0.2, 0.25) is 0 Å². The lowest BCUT2D eigenvalue weighted by Crippen LogP contribution is -2.58. The van der Waals surface area contributed by atoms with Crippen molar-refractivity contribution in [3.63, 3.8) is 0 Å². The van der Waals surface area contributed by atoms with Gasteiger partial charge in [0.05, 0.1) is 12.6 Å². The first-order valence-electron chi connectivity index (χ1n) is 9.32. The molecule has 0 spiro atoms. The molecule has 2 fully saturated rings. The number of primary amides is 1. The van der Waals surface area contributed by atoms with Crippen LogP contribution in [0.5, 0.6) is 5.75 Å². The molecule has 1 aromatic carbocycles. The summed E-state index contributed by atoms with van der Waals surface area (Å²) in [4.78, 5) is 26.7. The molecule has 0 aromatic heterocycles. The van der Waals surface area contributed by atoms with Gasteiger partial charge in [-0.15, -0.1) is 13.2 Å². The standard InChI is InChI=1S/C18H21F5N4O3/c19-11-5-13(9-26(8-11)16(24)28)27(12-2-3-12)17(29)25-7-10-1-4-14(6-15(10)20)30-18(21,22)23/h1,4,6,11-13H,2-3,5,7-9H2,(H2,24,28)(H,25,29)/t11-,13+/m0/s1. The van der Waals surface area contributed by atoms with Crippen molar-refractivity contribution >= 4 is 12.1 Å². The molecule has 1 aliphatic carbocycles. The van der Waals surface area contributed by atoms with E-state index >= 15 is 0 Å². The fraction of sp³-hybridized carbons (Fsp3) is 0.556. The minimum atomic E-state index is -4.94. The van der Waals surface area contributed by atoms with Crippen LogP contribution in [0.25, 0.3) is 0 Å². The summed E-state index contributed by atoms with van der Waals surface area (Å²) < 4.78 is 68.4. The Kier molecular flexibility index (Phi) is 6.22. The molecule has 12 heteroatoms. The highest BCUT2D eigenvalue weighted by Gasteiger charge is 2.41. The van der Waals surface area contributed by atoms with Gasteiger partial charge in [-0.05, 0) is 18.9 Å². The average molecular weight is 436 g/mol. The maximum absolute atomic E-state index is 14.1. The fourth-order valence-corrected chi connectivity index (χ4v) is 3.51. The molecule has 2 atom stereocenters. The van der Waals surface area contributed by atoms with E-state index in [1.807, 2.05) is 0 Å². The fourth-order valence-electron chi connectivity index (χ4n) is 3.51. The van der Waals surface area contributed by atoms with Gasteiger partial charge in [-0.1, -0.05) is 6.07 Å². The number of nitrogens with one attached hydrogen (secondary N) is 1. The molecule has 4 amide bonds. The third-order valence-electron chi connectivity index (χ3n) is 4.95. The maximum Gasteiger partial charge on any atom is 0.573 e. The molecule has 166 valence electrons. The highest BCUT2D eigenvalue weighted by Crippen LogP contribution is 2.32. The smallest absolute Gasteiger partial charge is 0.406 e. The Hall–Kier alpha value is -2.79. The number of carbonyl (C=O) groups excluding carboxylic acids is 2. The summed E-state index contributed by atoms with van der Waals surface area (Å²) >= 11 is 0. The third-order valence-corrected chi connectivity index (χ3v) is 4.95. The Morgan fingerprint density at radius 1 is 1.23 bits per heavy atom. The molecule has 30 heavy (non-hydrogen) atoms. The predicted molar refractivity (Wildman–Crippen MR) is 94.6 cm³/mol. The van der Waals surface area contributed by atoms with Crippen LogP contribution in [0.4, 0.5) is 31.5 Å². The first-order valence-corrected chi connectivity index (χ1v) is 9.32. The number of nitrogens with zero attached hydrogens (tertiary/aromatic N) is 2.